The third kappa shape index (κ3) is 4.99. The summed E-state index contributed by atoms with van der Waals surface area (Å²) < 4.78 is 5.01. The van der Waals surface area contributed by atoms with Gasteiger partial charge in [-0.3, -0.25) is 0 Å². The van der Waals surface area contributed by atoms with Gasteiger partial charge in [-0.1, -0.05) is 0 Å². The van der Waals surface area contributed by atoms with Crippen LogP contribution in [0.4, 0.5) is 11.8 Å². The van der Waals surface area contributed by atoms with Crippen molar-refractivity contribution >= 4 is 11.8 Å². The fourth-order valence-corrected chi connectivity index (χ4v) is 1.44. The number of hydrogen-bond acceptors (Lipinski definition) is 5. The molecule has 2 N–H and O–H groups in total. The zero-order valence-electron chi connectivity index (χ0n) is 10.9. The molecule has 1 heterocycles. The van der Waals surface area contributed by atoms with Crippen molar-refractivity contribution in [2.45, 2.75) is 26.7 Å². The topological polar surface area (TPSA) is 59.1 Å². The van der Waals surface area contributed by atoms with Crippen LogP contribution in [0.3, 0.4) is 0 Å². The Balaban J connectivity index is 2.42. The monoisotopic (exact) mass is 238 g/mol. The van der Waals surface area contributed by atoms with Gasteiger partial charge in [0, 0.05) is 38.6 Å². The predicted octanol–water partition coefficient (Wildman–Crippen LogP) is 2.06. The highest BCUT2D eigenvalue weighted by atomic mass is 16.5. The molecule has 5 nitrogen and oxygen atoms in total. The van der Waals surface area contributed by atoms with Crippen molar-refractivity contribution in [3.63, 3.8) is 0 Å². The van der Waals surface area contributed by atoms with Crippen molar-refractivity contribution in [2.24, 2.45) is 0 Å². The number of aryl methyl sites for hydroxylation is 1. The summed E-state index contributed by atoms with van der Waals surface area (Å²) in [6.45, 7) is 6.59. The van der Waals surface area contributed by atoms with Gasteiger partial charge in [-0.2, -0.15) is 4.98 Å². The van der Waals surface area contributed by atoms with Crippen LogP contribution >= 0.6 is 0 Å². The summed E-state index contributed by atoms with van der Waals surface area (Å²) in [6.07, 6.45) is 3.98. The number of methoxy groups -OCH3 is 1. The molecule has 0 unspecified atom stereocenters. The zero-order chi connectivity index (χ0) is 12.5. The molecule has 0 spiro atoms. The molecule has 17 heavy (non-hydrogen) atoms. The second kappa shape index (κ2) is 7.84. The van der Waals surface area contributed by atoms with E-state index < -0.39 is 0 Å². The molecule has 5 heteroatoms. The molecule has 1 aromatic heterocycles. The molecule has 0 amide bonds. The number of hydrogen-bond donors (Lipinski definition) is 2. The van der Waals surface area contributed by atoms with Crippen LogP contribution in [0.15, 0.2) is 6.20 Å². The minimum absolute atomic E-state index is 0.678. The first-order valence-corrected chi connectivity index (χ1v) is 6.08. The fraction of sp³-hybridized carbons (Fsp3) is 0.667. The van der Waals surface area contributed by atoms with E-state index in [9.17, 15) is 0 Å². The Labute approximate surface area is 103 Å². The molecule has 0 saturated heterocycles. The van der Waals surface area contributed by atoms with Crippen molar-refractivity contribution in [1.82, 2.24) is 9.97 Å². The van der Waals surface area contributed by atoms with Gasteiger partial charge in [-0.25, -0.2) is 4.98 Å². The lowest BCUT2D eigenvalue weighted by Crippen LogP contribution is -2.09. The van der Waals surface area contributed by atoms with Crippen LogP contribution in [-0.4, -0.2) is 36.8 Å². The normalized spacial score (nSPS) is 10.3. The van der Waals surface area contributed by atoms with Crippen LogP contribution in [0.5, 0.6) is 0 Å². The quantitative estimate of drug-likeness (QED) is 0.679. The van der Waals surface area contributed by atoms with E-state index in [4.69, 9.17) is 4.74 Å². The molecule has 0 aliphatic heterocycles. The predicted molar refractivity (Wildman–Crippen MR) is 70.5 cm³/mol. The average molecular weight is 238 g/mol. The van der Waals surface area contributed by atoms with E-state index in [-0.39, 0.29) is 0 Å². The third-order valence-corrected chi connectivity index (χ3v) is 2.37. The van der Waals surface area contributed by atoms with Crippen molar-refractivity contribution in [3.8, 4) is 0 Å². The van der Waals surface area contributed by atoms with Crippen LogP contribution in [0, 0.1) is 6.92 Å². The van der Waals surface area contributed by atoms with Crippen molar-refractivity contribution in [1.29, 1.82) is 0 Å². The second-order valence-electron chi connectivity index (χ2n) is 3.88. The molecule has 96 valence electrons. The molecule has 0 radical (unpaired) electrons. The molecule has 0 saturated carbocycles. The summed E-state index contributed by atoms with van der Waals surface area (Å²) >= 11 is 0. The Bertz CT molecular complexity index is 330. The Hall–Kier alpha value is -1.36. The average Bonchev–Trinajstić information content (AvgIpc) is 2.33. The minimum Gasteiger partial charge on any atom is -0.385 e. The highest BCUT2D eigenvalue weighted by molar-refractivity contribution is 5.46. The fourth-order valence-electron chi connectivity index (χ4n) is 1.44. The number of rotatable bonds is 8. The second-order valence-corrected chi connectivity index (χ2v) is 3.88. The molecule has 0 fully saturated rings. The Morgan fingerprint density at radius 3 is 2.82 bits per heavy atom. The molecule has 1 aromatic rings. The van der Waals surface area contributed by atoms with E-state index in [1.54, 1.807) is 7.11 Å². The largest absolute Gasteiger partial charge is 0.385 e. The summed E-state index contributed by atoms with van der Waals surface area (Å²) in [5.74, 6) is 1.59. The minimum atomic E-state index is 0.678. The lowest BCUT2D eigenvalue weighted by Gasteiger charge is -2.10. The maximum absolute atomic E-state index is 5.01. The molecule has 0 atom stereocenters. The van der Waals surface area contributed by atoms with E-state index in [0.29, 0.717) is 5.95 Å². The maximum atomic E-state index is 5.01. The lowest BCUT2D eigenvalue weighted by molar-refractivity contribution is 0.194. The number of unbranched alkanes of at least 4 members (excludes halogenated alkanes) is 1. The van der Waals surface area contributed by atoms with E-state index in [1.165, 1.54) is 0 Å². The van der Waals surface area contributed by atoms with Crippen LogP contribution in [0.25, 0.3) is 0 Å². The van der Waals surface area contributed by atoms with Crippen molar-refractivity contribution in [3.05, 3.63) is 11.8 Å². The van der Waals surface area contributed by atoms with Gasteiger partial charge in [0.2, 0.25) is 5.95 Å². The van der Waals surface area contributed by atoms with Gasteiger partial charge in [-0.15, -0.1) is 0 Å². The maximum Gasteiger partial charge on any atom is 0.224 e. The summed E-state index contributed by atoms with van der Waals surface area (Å²) in [6, 6.07) is 0. The highest BCUT2D eigenvalue weighted by Gasteiger charge is 2.02. The lowest BCUT2D eigenvalue weighted by atomic mass is 10.3. The molecule has 0 bridgehead atoms. The SMILES string of the molecule is CCNc1ncc(C)c(NCCCCOC)n1. The van der Waals surface area contributed by atoms with Gasteiger partial charge >= 0.3 is 0 Å². The Kier molecular flexibility index (Phi) is 6.32. The van der Waals surface area contributed by atoms with Gasteiger partial charge in [0.15, 0.2) is 0 Å². The number of nitrogens with zero attached hydrogens (tertiary/aromatic N) is 2. The van der Waals surface area contributed by atoms with Gasteiger partial charge < -0.3 is 15.4 Å². The molecule has 0 aliphatic rings. The van der Waals surface area contributed by atoms with Gasteiger partial charge in [0.1, 0.15) is 5.82 Å². The van der Waals surface area contributed by atoms with E-state index in [1.807, 2.05) is 20.0 Å². The van der Waals surface area contributed by atoms with Gasteiger partial charge in [0.05, 0.1) is 0 Å². The van der Waals surface area contributed by atoms with E-state index in [2.05, 4.69) is 20.6 Å². The smallest absolute Gasteiger partial charge is 0.224 e. The standard InChI is InChI=1S/C12H22N4O/c1-4-13-12-15-9-10(2)11(16-12)14-7-5-6-8-17-3/h9H,4-8H2,1-3H3,(H2,13,14,15,16). The molecular weight excluding hydrogens is 216 g/mol. The summed E-state index contributed by atoms with van der Waals surface area (Å²) in [5, 5.41) is 6.43. The highest BCUT2D eigenvalue weighted by Crippen LogP contribution is 2.12. The van der Waals surface area contributed by atoms with Gasteiger partial charge in [-0.05, 0) is 26.7 Å². The summed E-state index contributed by atoms with van der Waals surface area (Å²) in [5.41, 5.74) is 1.07. The number of ether oxygens (including phenoxy) is 1. The van der Waals surface area contributed by atoms with Crippen LogP contribution in [0.2, 0.25) is 0 Å². The molecule has 1 rings (SSSR count). The first-order chi connectivity index (χ1) is 8.27. The molecule has 0 aliphatic carbocycles. The van der Waals surface area contributed by atoms with E-state index in [0.717, 1.165) is 43.9 Å². The molecular formula is C12H22N4O. The molecule has 0 aromatic carbocycles. The first-order valence-electron chi connectivity index (χ1n) is 6.08. The van der Waals surface area contributed by atoms with Gasteiger partial charge in [0.25, 0.3) is 0 Å². The Morgan fingerprint density at radius 1 is 1.29 bits per heavy atom. The van der Waals surface area contributed by atoms with Crippen LogP contribution < -0.4 is 10.6 Å². The van der Waals surface area contributed by atoms with Crippen molar-refractivity contribution in [2.75, 3.05) is 37.4 Å². The third-order valence-electron chi connectivity index (χ3n) is 2.37. The number of nitrogens with one attached hydrogen (secondary N) is 2. The zero-order valence-corrected chi connectivity index (χ0v) is 10.9. The van der Waals surface area contributed by atoms with Crippen molar-refractivity contribution < 1.29 is 4.74 Å². The van der Waals surface area contributed by atoms with Crippen LogP contribution in [0.1, 0.15) is 25.3 Å². The number of aromatic nitrogens is 2. The van der Waals surface area contributed by atoms with Crippen LogP contribution in [-0.2, 0) is 4.74 Å². The Morgan fingerprint density at radius 2 is 2.12 bits per heavy atom. The summed E-state index contributed by atoms with van der Waals surface area (Å²) in [4.78, 5) is 8.62. The first kappa shape index (κ1) is 13.7. The number of anilines is 2. The summed E-state index contributed by atoms with van der Waals surface area (Å²) in [7, 11) is 1.73. The van der Waals surface area contributed by atoms with E-state index >= 15 is 0 Å².